The Kier molecular flexibility index (Phi) is 6.57. The lowest BCUT2D eigenvalue weighted by Gasteiger charge is -2.08. The van der Waals surface area contributed by atoms with Crippen LogP contribution in [0.25, 0.3) is 99.1 Å². The van der Waals surface area contributed by atoms with Gasteiger partial charge in [0.1, 0.15) is 16.8 Å². The first-order valence-corrected chi connectivity index (χ1v) is 17.2. The minimum Gasteiger partial charge on any atom is -0.452 e. The smallest absolute Gasteiger partial charge is 0.180 e. The summed E-state index contributed by atoms with van der Waals surface area (Å²) in [5.41, 5.74) is 7.83. The maximum absolute atomic E-state index is 6.41. The van der Waals surface area contributed by atoms with Gasteiger partial charge >= 0.3 is 0 Å². The van der Waals surface area contributed by atoms with E-state index in [9.17, 15) is 0 Å². The van der Waals surface area contributed by atoms with Gasteiger partial charge in [0.15, 0.2) is 28.9 Å². The molecule has 0 aliphatic rings. The van der Waals surface area contributed by atoms with E-state index >= 15 is 0 Å². The quantitative estimate of drug-likeness (QED) is 0.183. The summed E-state index contributed by atoms with van der Waals surface area (Å²) >= 11 is 1.76. The van der Waals surface area contributed by atoms with Gasteiger partial charge in [-0.05, 0) is 36.4 Å². The van der Waals surface area contributed by atoms with E-state index in [1.54, 1.807) is 11.3 Å². The zero-order valence-corrected chi connectivity index (χ0v) is 27.3. The highest BCUT2D eigenvalue weighted by atomic mass is 32.1. The molecule has 0 atom stereocenters. The topological polar surface area (TPSA) is 77.6 Å². The van der Waals surface area contributed by atoms with Gasteiger partial charge in [0.05, 0.1) is 0 Å². The summed E-state index contributed by atoms with van der Waals surface area (Å²) in [7, 11) is 0. The molecule has 0 aliphatic carbocycles. The number of furan rings is 1. The van der Waals surface area contributed by atoms with E-state index in [0.29, 0.717) is 28.9 Å². The van der Waals surface area contributed by atoms with Gasteiger partial charge in [0, 0.05) is 53.4 Å². The minimum absolute atomic E-state index is 0.636. The number of hydrogen-bond donors (Lipinski definition) is 0. The fourth-order valence-corrected chi connectivity index (χ4v) is 7.63. The Balaban J connectivity index is 1.12. The highest BCUT2D eigenvalue weighted by Crippen LogP contribution is 2.41. The molecule has 0 amide bonds. The summed E-state index contributed by atoms with van der Waals surface area (Å²) in [5.74, 6) is 2.59. The Morgan fingerprint density at radius 2 is 0.940 bits per heavy atom. The second-order valence-corrected chi connectivity index (χ2v) is 13.2. The zero-order chi connectivity index (χ0) is 33.0. The van der Waals surface area contributed by atoms with Crippen LogP contribution in [0.3, 0.4) is 0 Å². The fourth-order valence-electron chi connectivity index (χ4n) is 6.50. The predicted molar refractivity (Wildman–Crippen MR) is 203 cm³/mol. The summed E-state index contributed by atoms with van der Waals surface area (Å²) in [6.45, 7) is 0. The number of hydrogen-bond acceptors (Lipinski definition) is 7. The number of para-hydroxylation sites is 1. The highest BCUT2D eigenvalue weighted by molar-refractivity contribution is 7.25. The maximum atomic E-state index is 6.41. The molecule has 6 aromatic carbocycles. The van der Waals surface area contributed by atoms with E-state index in [4.69, 9.17) is 29.3 Å². The van der Waals surface area contributed by atoms with Gasteiger partial charge in [-0.25, -0.2) is 24.9 Å². The second kappa shape index (κ2) is 11.5. The molecule has 4 aromatic heterocycles. The van der Waals surface area contributed by atoms with Crippen molar-refractivity contribution in [2.24, 2.45) is 0 Å². The molecule has 0 spiro atoms. The number of thiophene rings is 1. The van der Waals surface area contributed by atoms with Crippen LogP contribution in [0.15, 0.2) is 156 Å². The van der Waals surface area contributed by atoms with Crippen molar-refractivity contribution in [2.45, 2.75) is 0 Å². The molecule has 4 heterocycles. The van der Waals surface area contributed by atoms with E-state index in [-0.39, 0.29) is 0 Å². The van der Waals surface area contributed by atoms with Crippen LogP contribution < -0.4 is 0 Å². The van der Waals surface area contributed by atoms with Crippen molar-refractivity contribution in [3.8, 4) is 56.8 Å². The molecule has 234 valence electrons. The normalized spacial score (nSPS) is 11.6. The van der Waals surface area contributed by atoms with Gasteiger partial charge < -0.3 is 4.42 Å². The molecule has 0 saturated heterocycles. The number of rotatable bonds is 5. The Labute approximate surface area is 290 Å². The molecule has 6 nitrogen and oxygen atoms in total. The van der Waals surface area contributed by atoms with Gasteiger partial charge in [0.2, 0.25) is 0 Å². The summed E-state index contributed by atoms with van der Waals surface area (Å²) in [4.78, 5) is 24.9. The predicted octanol–water partition coefficient (Wildman–Crippen LogP) is 11.3. The molecule has 0 aliphatic heterocycles. The molecule has 10 rings (SSSR count). The first-order valence-electron chi connectivity index (χ1n) is 16.3. The molecule has 50 heavy (non-hydrogen) atoms. The molecule has 7 heteroatoms. The van der Waals surface area contributed by atoms with Crippen LogP contribution >= 0.6 is 11.3 Å². The van der Waals surface area contributed by atoms with Gasteiger partial charge in [-0.15, -0.1) is 11.3 Å². The first kappa shape index (κ1) is 28.4. The Morgan fingerprint density at radius 3 is 1.60 bits per heavy atom. The lowest BCUT2D eigenvalue weighted by atomic mass is 10.0. The standard InChI is InChI=1S/C43H25N5OS/c1-4-12-26(13-5-1)40-44-37(39-38(45-40)32-18-10-11-19-34(32)49-39)29-20-22-31-33-24-30(21-23-35(33)50-36(31)25-29)43-47-41(27-14-6-2-7-15-27)46-42(48-43)28-16-8-3-9-17-28/h1-25H. The maximum Gasteiger partial charge on any atom is 0.180 e. The molecular weight excluding hydrogens is 635 g/mol. The van der Waals surface area contributed by atoms with Crippen molar-refractivity contribution in [3.63, 3.8) is 0 Å². The Morgan fingerprint density at radius 1 is 0.380 bits per heavy atom. The third-order valence-corrected chi connectivity index (χ3v) is 10.1. The molecule has 0 saturated carbocycles. The molecule has 0 N–H and O–H groups in total. The van der Waals surface area contributed by atoms with Crippen LogP contribution in [0.2, 0.25) is 0 Å². The van der Waals surface area contributed by atoms with Crippen LogP contribution in [0, 0.1) is 0 Å². The lowest BCUT2D eigenvalue weighted by Crippen LogP contribution is -2.00. The Bertz CT molecular complexity index is 2810. The van der Waals surface area contributed by atoms with Crippen LogP contribution in [-0.2, 0) is 0 Å². The third kappa shape index (κ3) is 4.83. The summed E-state index contributed by atoms with van der Waals surface area (Å²) in [6.07, 6.45) is 0. The third-order valence-electron chi connectivity index (χ3n) is 8.95. The summed E-state index contributed by atoms with van der Waals surface area (Å²) in [5, 5.41) is 3.29. The Hall–Kier alpha value is -6.57. The van der Waals surface area contributed by atoms with Crippen LogP contribution in [-0.4, -0.2) is 24.9 Å². The van der Waals surface area contributed by atoms with Crippen molar-refractivity contribution in [1.82, 2.24) is 24.9 Å². The largest absolute Gasteiger partial charge is 0.452 e. The molecule has 0 unspecified atom stereocenters. The van der Waals surface area contributed by atoms with Gasteiger partial charge in [-0.2, -0.15) is 0 Å². The van der Waals surface area contributed by atoms with Crippen molar-refractivity contribution in [1.29, 1.82) is 0 Å². The van der Waals surface area contributed by atoms with E-state index in [2.05, 4.69) is 42.5 Å². The summed E-state index contributed by atoms with van der Waals surface area (Å²) in [6, 6.07) is 51.2. The summed E-state index contributed by atoms with van der Waals surface area (Å²) < 4.78 is 8.75. The van der Waals surface area contributed by atoms with E-state index < -0.39 is 0 Å². The van der Waals surface area contributed by atoms with Crippen LogP contribution in [0.5, 0.6) is 0 Å². The average molecular weight is 660 g/mol. The zero-order valence-electron chi connectivity index (χ0n) is 26.5. The monoisotopic (exact) mass is 659 g/mol. The van der Waals surface area contributed by atoms with E-state index in [1.807, 2.05) is 109 Å². The van der Waals surface area contributed by atoms with Crippen molar-refractivity contribution in [2.75, 3.05) is 0 Å². The second-order valence-electron chi connectivity index (χ2n) is 12.1. The van der Waals surface area contributed by atoms with Crippen LogP contribution in [0.1, 0.15) is 0 Å². The van der Waals surface area contributed by atoms with E-state index in [1.165, 1.54) is 4.70 Å². The van der Waals surface area contributed by atoms with Crippen molar-refractivity contribution >= 4 is 53.6 Å². The SMILES string of the molecule is c1ccc(-c2nc(-c3ccccc3)nc(-c3ccc4sc5cc(-c6nc(-c7ccccc7)nc7c6oc6ccccc67)ccc5c4c3)n2)cc1. The molecule has 10 aromatic rings. The minimum atomic E-state index is 0.636. The van der Waals surface area contributed by atoms with Gasteiger partial charge in [0.25, 0.3) is 0 Å². The van der Waals surface area contributed by atoms with Gasteiger partial charge in [-0.1, -0.05) is 115 Å². The molecule has 0 fully saturated rings. The van der Waals surface area contributed by atoms with Crippen LogP contribution in [0.4, 0.5) is 0 Å². The van der Waals surface area contributed by atoms with Gasteiger partial charge in [-0.3, -0.25) is 0 Å². The number of aromatic nitrogens is 5. The fraction of sp³-hybridized carbons (Fsp3) is 0. The first-order chi connectivity index (χ1) is 24.7. The molecule has 0 radical (unpaired) electrons. The van der Waals surface area contributed by atoms with Crippen molar-refractivity contribution < 1.29 is 4.42 Å². The molecule has 0 bridgehead atoms. The van der Waals surface area contributed by atoms with Crippen molar-refractivity contribution in [3.05, 3.63) is 152 Å². The average Bonchev–Trinajstić information content (AvgIpc) is 3.76. The number of fused-ring (bicyclic) bond motifs is 6. The lowest BCUT2D eigenvalue weighted by molar-refractivity contribution is 0.667. The van der Waals surface area contributed by atoms with E-state index in [0.717, 1.165) is 65.5 Å². The number of nitrogens with zero attached hydrogens (tertiary/aromatic N) is 5. The highest BCUT2D eigenvalue weighted by Gasteiger charge is 2.19. The molecular formula is C43H25N5OS. The number of benzene rings is 6.